The molecule has 3 N–H and O–H groups in total. The van der Waals surface area contributed by atoms with E-state index in [0.717, 1.165) is 0 Å². The summed E-state index contributed by atoms with van der Waals surface area (Å²) in [5, 5.41) is 22.7. The van der Waals surface area contributed by atoms with Crippen molar-refractivity contribution in [2.75, 3.05) is 0 Å². The lowest BCUT2D eigenvalue weighted by Gasteiger charge is -2.20. The normalized spacial score (nSPS) is 12.3. The summed E-state index contributed by atoms with van der Waals surface area (Å²) in [7, 11) is -0.844. The number of rotatable bonds is 6. The molecule has 40 heavy (non-hydrogen) atoms. The molecule has 3 heterocycles. The zero-order valence-electron chi connectivity index (χ0n) is 25.7. The van der Waals surface area contributed by atoms with Crippen LogP contribution in [-0.4, -0.2) is 70.5 Å². The average Bonchev–Trinajstić information content (AvgIpc) is 3.43. The van der Waals surface area contributed by atoms with E-state index in [1.165, 1.54) is 0 Å². The lowest BCUT2D eigenvalue weighted by Crippen LogP contribution is -2.47. The number of nitrogens with one attached hydrogen (secondary N) is 3. The summed E-state index contributed by atoms with van der Waals surface area (Å²) in [6, 6.07) is 5.06. The topological polar surface area (TPSA) is 141 Å². The van der Waals surface area contributed by atoms with Crippen molar-refractivity contribution < 1.29 is 14.4 Å². The zero-order chi connectivity index (χ0) is 30.4. The number of hydrogen-bond acceptors (Lipinski definition) is 6. The molecule has 0 fully saturated rings. The molecule has 0 aliphatic rings. The Kier molecular flexibility index (Phi) is 8.11. The monoisotopic (exact) mass is 551 g/mol. The molecule has 0 bridgehead atoms. The molecule has 3 aromatic rings. The lowest BCUT2D eigenvalue weighted by molar-refractivity contribution is 0.0905. The minimum atomic E-state index is -0.844. The fraction of sp³-hybridized carbons (Fsp3) is 0.556. The van der Waals surface area contributed by atoms with Gasteiger partial charge in [0.15, 0.2) is 0 Å². The molecular formula is C27H42BN9O3. The predicted octanol–water partition coefficient (Wildman–Crippen LogP) is 2.72. The second-order valence-corrected chi connectivity index (χ2v) is 13.3. The van der Waals surface area contributed by atoms with Gasteiger partial charge in [-0.3, -0.25) is 28.2 Å². The Bertz CT molecular complexity index is 1260. The van der Waals surface area contributed by atoms with Crippen LogP contribution in [0.5, 0.6) is 0 Å². The standard InChI is InChI=1S/C27H42BN9O3/c1-16-13-19(22(38)29-25(4,5)6)32-35(16)28(36-17(2)14-20(33-36)23(39)30-26(7,8)9)37-18(3)15-21(34-37)24(40)31-27(10,11)12/h13-15H,1-12H3,(H,29,38)(H,30,39)(H,31,40). The minimum absolute atomic E-state index is 0.225. The smallest absolute Gasteiger partial charge is 0.346 e. The van der Waals surface area contributed by atoms with Crippen LogP contribution in [-0.2, 0) is 0 Å². The Morgan fingerprint density at radius 1 is 0.550 bits per heavy atom. The fourth-order valence-electron chi connectivity index (χ4n) is 4.02. The largest absolute Gasteiger partial charge is 0.569 e. The van der Waals surface area contributed by atoms with E-state index in [-0.39, 0.29) is 34.8 Å². The van der Waals surface area contributed by atoms with Gasteiger partial charge in [-0.1, -0.05) is 0 Å². The van der Waals surface area contributed by atoms with E-state index in [9.17, 15) is 14.4 Å². The van der Waals surface area contributed by atoms with E-state index in [4.69, 9.17) is 0 Å². The van der Waals surface area contributed by atoms with Crippen LogP contribution in [0.4, 0.5) is 0 Å². The van der Waals surface area contributed by atoms with Crippen LogP contribution in [0, 0.1) is 20.8 Å². The van der Waals surface area contributed by atoms with Crippen molar-refractivity contribution in [3.05, 3.63) is 52.4 Å². The Balaban J connectivity index is 2.17. The van der Waals surface area contributed by atoms with Crippen LogP contribution in [0.15, 0.2) is 18.2 Å². The van der Waals surface area contributed by atoms with Gasteiger partial charge < -0.3 is 16.0 Å². The molecule has 216 valence electrons. The number of amides is 3. The van der Waals surface area contributed by atoms with Gasteiger partial charge in [0.05, 0.1) is 0 Å². The summed E-state index contributed by atoms with van der Waals surface area (Å²) >= 11 is 0. The maximum atomic E-state index is 13.0. The highest BCUT2D eigenvalue weighted by Crippen LogP contribution is 2.16. The molecule has 0 aliphatic heterocycles. The van der Waals surface area contributed by atoms with Crippen molar-refractivity contribution in [3.63, 3.8) is 0 Å². The molecule has 0 atom stereocenters. The Morgan fingerprint density at radius 3 is 0.975 bits per heavy atom. The molecule has 0 radical (unpaired) electrons. The van der Waals surface area contributed by atoms with Crippen molar-refractivity contribution in [2.45, 2.75) is 99.7 Å². The van der Waals surface area contributed by atoms with Crippen LogP contribution in [0.3, 0.4) is 0 Å². The summed E-state index contributed by atoms with van der Waals surface area (Å²) < 4.78 is 4.86. The molecule has 3 rings (SSSR count). The highest BCUT2D eigenvalue weighted by Gasteiger charge is 2.35. The molecule has 3 amide bonds. The van der Waals surface area contributed by atoms with Crippen molar-refractivity contribution >= 4 is 24.8 Å². The average molecular weight is 552 g/mol. The molecule has 0 aromatic carbocycles. The number of carbonyl (C=O) groups excluding carboxylic acids is 3. The molecule has 0 saturated carbocycles. The number of hydrogen-bond donors (Lipinski definition) is 3. The summed E-state index contributed by atoms with van der Waals surface area (Å²) in [5.41, 5.74) is 1.32. The second kappa shape index (κ2) is 10.6. The summed E-state index contributed by atoms with van der Waals surface area (Å²) in [5.74, 6) is -0.964. The van der Waals surface area contributed by atoms with Crippen molar-refractivity contribution in [1.82, 2.24) is 45.0 Å². The van der Waals surface area contributed by atoms with Gasteiger partial charge in [0.25, 0.3) is 17.7 Å². The number of carbonyl (C=O) groups is 3. The Labute approximate surface area is 236 Å². The van der Waals surface area contributed by atoms with Crippen LogP contribution in [0.1, 0.15) is 111 Å². The number of aryl methyl sites for hydroxylation is 3. The minimum Gasteiger partial charge on any atom is -0.346 e. The van der Waals surface area contributed by atoms with Gasteiger partial charge in [0.2, 0.25) is 0 Å². The van der Waals surface area contributed by atoms with Crippen LogP contribution < -0.4 is 16.0 Å². The first-order valence-corrected chi connectivity index (χ1v) is 13.3. The van der Waals surface area contributed by atoms with E-state index in [1.54, 1.807) is 32.0 Å². The fourth-order valence-corrected chi connectivity index (χ4v) is 4.02. The van der Waals surface area contributed by atoms with Gasteiger partial charge >= 0.3 is 7.12 Å². The van der Waals surface area contributed by atoms with Crippen molar-refractivity contribution in [2.24, 2.45) is 0 Å². The first kappa shape index (κ1) is 30.6. The van der Waals surface area contributed by atoms with Gasteiger partial charge in [0.1, 0.15) is 17.1 Å². The third-order valence-corrected chi connectivity index (χ3v) is 5.59. The maximum Gasteiger partial charge on any atom is 0.569 e. The predicted molar refractivity (Wildman–Crippen MR) is 154 cm³/mol. The Morgan fingerprint density at radius 2 is 0.775 bits per heavy atom. The third kappa shape index (κ3) is 7.39. The zero-order valence-corrected chi connectivity index (χ0v) is 25.7. The Hall–Kier alpha value is -3.90. The summed E-state index contributed by atoms with van der Waals surface area (Å²) in [6.07, 6.45) is 0. The first-order valence-electron chi connectivity index (χ1n) is 13.3. The maximum absolute atomic E-state index is 13.0. The molecule has 13 heteroatoms. The van der Waals surface area contributed by atoms with Gasteiger partial charge in [-0.2, -0.15) is 15.3 Å². The highest BCUT2D eigenvalue weighted by molar-refractivity contribution is 6.53. The van der Waals surface area contributed by atoms with Crippen LogP contribution in [0.25, 0.3) is 0 Å². The van der Waals surface area contributed by atoms with E-state index in [1.807, 2.05) is 83.1 Å². The first-order chi connectivity index (χ1) is 18.1. The molecule has 0 saturated heterocycles. The SMILES string of the molecule is Cc1cc(C(=O)NC(C)(C)C)nn1B(n1nc(C(=O)NC(C)(C)C)cc1C)n1nc(C(=O)NC(C)(C)C)cc1C. The molecular weight excluding hydrogens is 509 g/mol. The molecule has 12 nitrogen and oxygen atoms in total. The van der Waals surface area contributed by atoms with E-state index >= 15 is 0 Å². The summed E-state index contributed by atoms with van der Waals surface area (Å²) in [6.45, 7) is 22.5. The van der Waals surface area contributed by atoms with Gasteiger partial charge in [-0.25, -0.2) is 0 Å². The molecule has 0 unspecified atom stereocenters. The third-order valence-electron chi connectivity index (χ3n) is 5.59. The molecule has 3 aromatic heterocycles. The van der Waals surface area contributed by atoms with Crippen molar-refractivity contribution in [3.8, 4) is 0 Å². The van der Waals surface area contributed by atoms with Gasteiger partial charge in [-0.15, -0.1) is 0 Å². The van der Waals surface area contributed by atoms with Gasteiger partial charge in [-0.05, 0) is 101 Å². The lowest BCUT2D eigenvalue weighted by atomic mass is 9.93. The van der Waals surface area contributed by atoms with Gasteiger partial charge in [0, 0.05) is 33.7 Å². The number of aromatic nitrogens is 6. The quantitative estimate of drug-likeness (QED) is 0.403. The highest BCUT2D eigenvalue weighted by atomic mass is 16.2. The van der Waals surface area contributed by atoms with Crippen molar-refractivity contribution in [1.29, 1.82) is 0 Å². The molecule has 0 spiro atoms. The summed E-state index contributed by atoms with van der Waals surface area (Å²) in [4.78, 5) is 38.9. The van der Waals surface area contributed by atoms with E-state index in [0.29, 0.717) is 17.1 Å². The molecule has 0 aliphatic carbocycles. The van der Waals surface area contributed by atoms with E-state index in [2.05, 4.69) is 31.2 Å². The second-order valence-electron chi connectivity index (χ2n) is 13.3. The van der Waals surface area contributed by atoms with E-state index < -0.39 is 23.7 Å². The van der Waals surface area contributed by atoms with Crippen LogP contribution in [0.2, 0.25) is 0 Å². The van der Waals surface area contributed by atoms with Crippen LogP contribution >= 0.6 is 0 Å². The number of nitrogens with zero attached hydrogens (tertiary/aromatic N) is 6.